The van der Waals surface area contributed by atoms with Gasteiger partial charge in [-0.1, -0.05) is 0 Å². The Labute approximate surface area is 128 Å². The molecular weight excluding hydrogens is 290 g/mol. The Kier molecular flexibility index (Phi) is 4.84. The molecule has 0 radical (unpaired) electrons. The number of hydrogen-bond acceptors (Lipinski definition) is 4. The zero-order valence-electron chi connectivity index (χ0n) is 12.9. The number of urea groups is 2. The zero-order valence-corrected chi connectivity index (χ0v) is 12.9. The molecule has 0 saturated carbocycles. The summed E-state index contributed by atoms with van der Waals surface area (Å²) in [6, 6.07) is -0.583. The van der Waals surface area contributed by atoms with E-state index in [-0.39, 0.29) is 30.9 Å². The summed E-state index contributed by atoms with van der Waals surface area (Å²) in [5, 5.41) is 2.71. The molecule has 6 amide bonds. The third-order valence-electron chi connectivity index (χ3n) is 3.77. The van der Waals surface area contributed by atoms with Crippen molar-refractivity contribution in [1.82, 2.24) is 24.9 Å². The number of hydrogen-bond donors (Lipinski definition) is 1. The molecule has 2 aliphatic rings. The Morgan fingerprint density at radius 2 is 1.68 bits per heavy atom. The number of amides is 6. The SMILES string of the molecule is CCNC(=O)N1CCN(C(=O)CN2C(=O)CN(C)C2=O)CC1. The van der Waals surface area contributed by atoms with E-state index in [1.54, 1.807) is 9.80 Å². The lowest BCUT2D eigenvalue weighted by Crippen LogP contribution is -2.55. The first kappa shape index (κ1) is 16.1. The van der Waals surface area contributed by atoms with E-state index < -0.39 is 6.03 Å². The van der Waals surface area contributed by atoms with Gasteiger partial charge in [0.25, 0.3) is 5.91 Å². The van der Waals surface area contributed by atoms with Crippen LogP contribution < -0.4 is 5.32 Å². The fraction of sp³-hybridized carbons (Fsp3) is 0.692. The standard InChI is InChI=1S/C13H21N5O4/c1-3-14-12(21)17-6-4-16(5-7-17)10(19)9-18-11(20)8-15(2)13(18)22/h3-9H2,1-2H3,(H,14,21). The first-order chi connectivity index (χ1) is 10.4. The van der Waals surface area contributed by atoms with Gasteiger partial charge in [-0.15, -0.1) is 0 Å². The summed E-state index contributed by atoms with van der Waals surface area (Å²) in [5.74, 6) is -0.630. The summed E-state index contributed by atoms with van der Waals surface area (Å²) in [6.45, 7) is 3.88. The third-order valence-corrected chi connectivity index (χ3v) is 3.77. The molecule has 0 aromatic rings. The van der Waals surface area contributed by atoms with E-state index in [9.17, 15) is 19.2 Å². The zero-order chi connectivity index (χ0) is 16.3. The quantitative estimate of drug-likeness (QED) is 0.659. The summed E-state index contributed by atoms with van der Waals surface area (Å²) in [4.78, 5) is 52.8. The first-order valence-corrected chi connectivity index (χ1v) is 7.30. The summed E-state index contributed by atoms with van der Waals surface area (Å²) in [7, 11) is 1.52. The van der Waals surface area contributed by atoms with Gasteiger partial charge in [-0.3, -0.25) is 14.5 Å². The van der Waals surface area contributed by atoms with E-state index in [1.807, 2.05) is 6.92 Å². The maximum Gasteiger partial charge on any atom is 0.327 e. The molecule has 0 aliphatic carbocycles. The van der Waals surface area contributed by atoms with Gasteiger partial charge in [-0.2, -0.15) is 0 Å². The third kappa shape index (κ3) is 3.29. The van der Waals surface area contributed by atoms with E-state index in [0.29, 0.717) is 32.7 Å². The van der Waals surface area contributed by atoms with Crippen LogP contribution in [0.25, 0.3) is 0 Å². The van der Waals surface area contributed by atoms with Gasteiger partial charge in [0.2, 0.25) is 5.91 Å². The maximum absolute atomic E-state index is 12.2. The lowest BCUT2D eigenvalue weighted by Gasteiger charge is -2.35. The van der Waals surface area contributed by atoms with Gasteiger partial charge in [-0.05, 0) is 6.92 Å². The summed E-state index contributed by atoms with van der Waals surface area (Å²) in [6.07, 6.45) is 0. The minimum Gasteiger partial charge on any atom is -0.338 e. The molecule has 0 aromatic heterocycles. The van der Waals surface area contributed by atoms with Crippen LogP contribution in [0.15, 0.2) is 0 Å². The Bertz CT molecular complexity index is 487. The lowest BCUT2D eigenvalue weighted by atomic mass is 10.3. The van der Waals surface area contributed by atoms with Crippen molar-refractivity contribution in [2.75, 3.05) is 52.9 Å². The fourth-order valence-corrected chi connectivity index (χ4v) is 2.48. The van der Waals surface area contributed by atoms with Gasteiger partial charge in [0.15, 0.2) is 0 Å². The van der Waals surface area contributed by atoms with Crippen molar-refractivity contribution in [3.05, 3.63) is 0 Å². The van der Waals surface area contributed by atoms with Crippen LogP contribution in [0, 0.1) is 0 Å². The molecule has 0 spiro atoms. The highest BCUT2D eigenvalue weighted by Crippen LogP contribution is 2.09. The second kappa shape index (κ2) is 6.63. The molecule has 0 bridgehead atoms. The maximum atomic E-state index is 12.2. The molecule has 9 nitrogen and oxygen atoms in total. The van der Waals surface area contributed by atoms with Crippen molar-refractivity contribution in [2.24, 2.45) is 0 Å². The highest BCUT2D eigenvalue weighted by molar-refractivity contribution is 6.04. The predicted molar refractivity (Wildman–Crippen MR) is 77.0 cm³/mol. The van der Waals surface area contributed by atoms with Gasteiger partial charge < -0.3 is 20.0 Å². The number of rotatable bonds is 3. The Morgan fingerprint density at radius 3 is 2.18 bits per heavy atom. The molecule has 0 aromatic carbocycles. The number of carbonyl (C=O) groups is 4. The highest BCUT2D eigenvalue weighted by Gasteiger charge is 2.36. The molecule has 122 valence electrons. The number of piperazine rings is 1. The molecular formula is C13H21N5O4. The van der Waals surface area contributed by atoms with E-state index >= 15 is 0 Å². The summed E-state index contributed by atoms with van der Waals surface area (Å²) < 4.78 is 0. The average Bonchev–Trinajstić information content (AvgIpc) is 2.74. The van der Waals surface area contributed by atoms with Crippen LogP contribution in [0.5, 0.6) is 0 Å². The molecule has 2 fully saturated rings. The van der Waals surface area contributed by atoms with Gasteiger partial charge in [0.1, 0.15) is 13.1 Å². The van der Waals surface area contributed by atoms with Crippen molar-refractivity contribution in [1.29, 1.82) is 0 Å². The van der Waals surface area contributed by atoms with Gasteiger partial charge in [0, 0.05) is 39.8 Å². The van der Waals surface area contributed by atoms with E-state index in [4.69, 9.17) is 0 Å². The molecule has 1 N–H and O–H groups in total. The second-order valence-electron chi connectivity index (χ2n) is 5.32. The van der Waals surface area contributed by atoms with E-state index in [1.165, 1.54) is 11.9 Å². The topological polar surface area (TPSA) is 93.3 Å². The van der Waals surface area contributed by atoms with Gasteiger partial charge in [0.05, 0.1) is 0 Å². The fourth-order valence-electron chi connectivity index (χ4n) is 2.48. The molecule has 2 aliphatic heterocycles. The second-order valence-corrected chi connectivity index (χ2v) is 5.32. The van der Waals surface area contributed by atoms with Crippen molar-refractivity contribution in [3.8, 4) is 0 Å². The molecule has 2 saturated heterocycles. The van der Waals surface area contributed by atoms with E-state index in [0.717, 1.165) is 4.90 Å². The van der Waals surface area contributed by atoms with Crippen LogP contribution in [0.4, 0.5) is 9.59 Å². The predicted octanol–water partition coefficient (Wildman–Crippen LogP) is -1.25. The smallest absolute Gasteiger partial charge is 0.327 e. The molecule has 2 rings (SSSR count). The van der Waals surface area contributed by atoms with E-state index in [2.05, 4.69) is 5.32 Å². The summed E-state index contributed by atoms with van der Waals surface area (Å²) in [5.41, 5.74) is 0. The number of imide groups is 1. The van der Waals surface area contributed by atoms with Gasteiger partial charge >= 0.3 is 12.1 Å². The van der Waals surface area contributed by atoms with Crippen molar-refractivity contribution in [2.45, 2.75) is 6.92 Å². The normalized spacial score (nSPS) is 19.0. The molecule has 0 unspecified atom stereocenters. The number of nitrogens with one attached hydrogen (secondary N) is 1. The minimum atomic E-state index is -0.445. The van der Waals surface area contributed by atoms with Crippen molar-refractivity contribution in [3.63, 3.8) is 0 Å². The monoisotopic (exact) mass is 311 g/mol. The number of likely N-dealkylation sites (N-methyl/N-ethyl adjacent to an activating group) is 1. The summed E-state index contributed by atoms with van der Waals surface area (Å²) >= 11 is 0. The minimum absolute atomic E-state index is 0.0110. The Hall–Kier alpha value is -2.32. The number of nitrogens with zero attached hydrogens (tertiary/aromatic N) is 4. The first-order valence-electron chi connectivity index (χ1n) is 7.30. The van der Waals surface area contributed by atoms with Gasteiger partial charge in [-0.25, -0.2) is 9.59 Å². The largest absolute Gasteiger partial charge is 0.338 e. The number of carbonyl (C=O) groups excluding carboxylic acids is 4. The van der Waals surface area contributed by atoms with Crippen LogP contribution in [0.2, 0.25) is 0 Å². The Balaban J connectivity index is 1.84. The van der Waals surface area contributed by atoms with Crippen LogP contribution in [0.1, 0.15) is 6.92 Å². The molecule has 9 heteroatoms. The van der Waals surface area contributed by atoms with Crippen LogP contribution in [-0.2, 0) is 9.59 Å². The molecule has 0 atom stereocenters. The lowest BCUT2D eigenvalue weighted by molar-refractivity contribution is -0.137. The van der Waals surface area contributed by atoms with Crippen molar-refractivity contribution >= 4 is 23.9 Å². The van der Waals surface area contributed by atoms with Crippen LogP contribution >= 0.6 is 0 Å². The highest BCUT2D eigenvalue weighted by atomic mass is 16.2. The van der Waals surface area contributed by atoms with Crippen molar-refractivity contribution < 1.29 is 19.2 Å². The Morgan fingerprint density at radius 1 is 1.09 bits per heavy atom. The van der Waals surface area contributed by atoms with Crippen LogP contribution in [-0.4, -0.2) is 96.3 Å². The average molecular weight is 311 g/mol. The van der Waals surface area contributed by atoms with Crippen LogP contribution in [0.3, 0.4) is 0 Å². The molecule has 22 heavy (non-hydrogen) atoms. The molecule has 2 heterocycles.